The second-order valence-corrected chi connectivity index (χ2v) is 5.29. The zero-order valence-electron chi connectivity index (χ0n) is 8.91. The molecule has 0 spiro atoms. The molecule has 2 aliphatic carbocycles. The molecule has 4 atom stereocenters. The standard InChI is InChI=1S/C12H20O2/c1-8-2-3-10-7-11(12(13)14)5-4-9(10)6-8/h8-11H,2-7H2,1H3,(H,13,14)/t8-,9?,10?,11?/m0/s1. The van der Waals surface area contributed by atoms with Crippen LogP contribution in [-0.2, 0) is 4.79 Å². The van der Waals surface area contributed by atoms with Gasteiger partial charge in [0.25, 0.3) is 0 Å². The van der Waals surface area contributed by atoms with Crippen LogP contribution in [0.3, 0.4) is 0 Å². The fourth-order valence-corrected chi connectivity index (χ4v) is 3.35. The molecule has 1 N–H and O–H groups in total. The van der Waals surface area contributed by atoms with Gasteiger partial charge in [0.15, 0.2) is 0 Å². The van der Waals surface area contributed by atoms with Gasteiger partial charge in [-0.15, -0.1) is 0 Å². The quantitative estimate of drug-likeness (QED) is 0.700. The Morgan fingerprint density at radius 1 is 1.07 bits per heavy atom. The molecule has 3 unspecified atom stereocenters. The van der Waals surface area contributed by atoms with Crippen LogP contribution < -0.4 is 0 Å². The molecule has 0 bridgehead atoms. The SMILES string of the molecule is C[C@H]1CCC2CC(C(=O)O)CCC2C1. The maximum atomic E-state index is 10.9. The first-order chi connectivity index (χ1) is 6.66. The smallest absolute Gasteiger partial charge is 0.306 e. The maximum absolute atomic E-state index is 10.9. The van der Waals surface area contributed by atoms with Gasteiger partial charge in [0, 0.05) is 0 Å². The highest BCUT2D eigenvalue weighted by molar-refractivity contribution is 5.70. The van der Waals surface area contributed by atoms with E-state index in [0.29, 0.717) is 0 Å². The maximum Gasteiger partial charge on any atom is 0.306 e. The lowest BCUT2D eigenvalue weighted by atomic mass is 9.65. The Morgan fingerprint density at radius 2 is 1.71 bits per heavy atom. The van der Waals surface area contributed by atoms with E-state index < -0.39 is 5.97 Å². The molecule has 2 fully saturated rings. The van der Waals surface area contributed by atoms with Gasteiger partial charge in [0.1, 0.15) is 0 Å². The number of carboxylic acid groups (broad SMARTS) is 1. The molecule has 0 radical (unpaired) electrons. The lowest BCUT2D eigenvalue weighted by molar-refractivity contribution is -0.144. The van der Waals surface area contributed by atoms with Crippen molar-refractivity contribution in [3.05, 3.63) is 0 Å². The monoisotopic (exact) mass is 196 g/mol. The minimum atomic E-state index is -0.568. The summed E-state index contributed by atoms with van der Waals surface area (Å²) in [4.78, 5) is 10.9. The largest absolute Gasteiger partial charge is 0.481 e. The Morgan fingerprint density at radius 3 is 2.43 bits per heavy atom. The third-order valence-electron chi connectivity index (χ3n) is 4.22. The van der Waals surface area contributed by atoms with Gasteiger partial charge in [0.2, 0.25) is 0 Å². The normalized spacial score (nSPS) is 42.9. The number of carboxylic acids is 1. The summed E-state index contributed by atoms with van der Waals surface area (Å²) in [7, 11) is 0. The van der Waals surface area contributed by atoms with Crippen molar-refractivity contribution in [1.29, 1.82) is 0 Å². The summed E-state index contributed by atoms with van der Waals surface area (Å²) >= 11 is 0. The van der Waals surface area contributed by atoms with Crippen LogP contribution in [0.25, 0.3) is 0 Å². The molecule has 0 amide bonds. The molecule has 2 rings (SSSR count). The second-order valence-electron chi connectivity index (χ2n) is 5.29. The molecule has 0 aliphatic heterocycles. The second kappa shape index (κ2) is 3.92. The predicted octanol–water partition coefficient (Wildman–Crippen LogP) is 2.92. The van der Waals surface area contributed by atoms with Gasteiger partial charge in [-0.05, 0) is 49.9 Å². The minimum absolute atomic E-state index is 0.0374. The molecule has 80 valence electrons. The van der Waals surface area contributed by atoms with Crippen molar-refractivity contribution in [2.75, 3.05) is 0 Å². The Balaban J connectivity index is 1.94. The number of carbonyl (C=O) groups is 1. The fraction of sp³-hybridized carbons (Fsp3) is 0.917. The van der Waals surface area contributed by atoms with Gasteiger partial charge in [0.05, 0.1) is 5.92 Å². The highest BCUT2D eigenvalue weighted by atomic mass is 16.4. The molecule has 2 saturated carbocycles. The van der Waals surface area contributed by atoms with E-state index in [9.17, 15) is 4.79 Å². The van der Waals surface area contributed by atoms with Crippen LogP contribution in [0, 0.1) is 23.7 Å². The van der Waals surface area contributed by atoms with Crippen molar-refractivity contribution in [3.63, 3.8) is 0 Å². The zero-order valence-corrected chi connectivity index (χ0v) is 8.91. The molecule has 0 aromatic heterocycles. The summed E-state index contributed by atoms with van der Waals surface area (Å²) in [6.07, 6.45) is 6.96. The Hall–Kier alpha value is -0.530. The van der Waals surface area contributed by atoms with Crippen molar-refractivity contribution < 1.29 is 9.90 Å². The predicted molar refractivity (Wildman–Crippen MR) is 55.0 cm³/mol. The van der Waals surface area contributed by atoms with Gasteiger partial charge in [-0.2, -0.15) is 0 Å². The minimum Gasteiger partial charge on any atom is -0.481 e. The fourth-order valence-electron chi connectivity index (χ4n) is 3.35. The lowest BCUT2D eigenvalue weighted by Crippen LogP contribution is -2.33. The van der Waals surface area contributed by atoms with E-state index in [-0.39, 0.29) is 5.92 Å². The molecule has 2 heteroatoms. The summed E-state index contributed by atoms with van der Waals surface area (Å²) in [5.41, 5.74) is 0. The molecule has 14 heavy (non-hydrogen) atoms. The van der Waals surface area contributed by atoms with E-state index in [2.05, 4.69) is 6.92 Å². The number of hydrogen-bond acceptors (Lipinski definition) is 1. The summed E-state index contributed by atoms with van der Waals surface area (Å²) in [5.74, 6) is 1.83. The Labute approximate surface area is 85.7 Å². The van der Waals surface area contributed by atoms with Crippen molar-refractivity contribution in [2.45, 2.75) is 45.4 Å². The number of fused-ring (bicyclic) bond motifs is 1. The van der Waals surface area contributed by atoms with Gasteiger partial charge >= 0.3 is 5.97 Å². The van der Waals surface area contributed by atoms with E-state index >= 15 is 0 Å². The van der Waals surface area contributed by atoms with Gasteiger partial charge in [-0.1, -0.05) is 13.3 Å². The van der Waals surface area contributed by atoms with Crippen LogP contribution in [0.15, 0.2) is 0 Å². The first kappa shape index (κ1) is 10.0. The van der Waals surface area contributed by atoms with Crippen LogP contribution in [0.1, 0.15) is 45.4 Å². The van der Waals surface area contributed by atoms with E-state index in [1.165, 1.54) is 19.3 Å². The Kier molecular flexibility index (Phi) is 2.80. The third-order valence-corrected chi connectivity index (χ3v) is 4.22. The van der Waals surface area contributed by atoms with Gasteiger partial charge < -0.3 is 5.11 Å². The lowest BCUT2D eigenvalue weighted by Gasteiger charge is -2.40. The van der Waals surface area contributed by atoms with Gasteiger partial charge in [-0.3, -0.25) is 4.79 Å². The van der Waals surface area contributed by atoms with Crippen LogP contribution in [0.5, 0.6) is 0 Å². The van der Waals surface area contributed by atoms with Gasteiger partial charge in [-0.25, -0.2) is 0 Å². The highest BCUT2D eigenvalue weighted by Crippen LogP contribution is 2.44. The molecule has 2 nitrogen and oxygen atoms in total. The van der Waals surface area contributed by atoms with E-state index in [1.807, 2.05) is 0 Å². The van der Waals surface area contributed by atoms with E-state index in [1.54, 1.807) is 0 Å². The number of aliphatic carboxylic acids is 1. The van der Waals surface area contributed by atoms with E-state index in [4.69, 9.17) is 5.11 Å². The van der Waals surface area contributed by atoms with Crippen LogP contribution in [0.4, 0.5) is 0 Å². The van der Waals surface area contributed by atoms with Crippen molar-refractivity contribution >= 4 is 5.97 Å². The molecule has 0 aromatic rings. The van der Waals surface area contributed by atoms with E-state index in [0.717, 1.165) is 37.0 Å². The first-order valence-electron chi connectivity index (χ1n) is 5.89. The summed E-state index contributed by atoms with van der Waals surface area (Å²) < 4.78 is 0. The average molecular weight is 196 g/mol. The summed E-state index contributed by atoms with van der Waals surface area (Å²) in [6, 6.07) is 0. The van der Waals surface area contributed by atoms with Crippen LogP contribution in [0.2, 0.25) is 0 Å². The van der Waals surface area contributed by atoms with Crippen LogP contribution >= 0.6 is 0 Å². The first-order valence-corrected chi connectivity index (χ1v) is 5.89. The van der Waals surface area contributed by atoms with Crippen LogP contribution in [-0.4, -0.2) is 11.1 Å². The molecular formula is C12H20O2. The van der Waals surface area contributed by atoms with Crippen molar-refractivity contribution in [1.82, 2.24) is 0 Å². The number of hydrogen-bond donors (Lipinski definition) is 1. The third kappa shape index (κ3) is 1.94. The average Bonchev–Trinajstić information content (AvgIpc) is 2.16. The molecule has 2 aliphatic rings. The molecule has 0 saturated heterocycles. The molecule has 0 aromatic carbocycles. The summed E-state index contributed by atoms with van der Waals surface area (Å²) in [6.45, 7) is 2.33. The number of rotatable bonds is 1. The molecule has 0 heterocycles. The summed E-state index contributed by atoms with van der Waals surface area (Å²) in [5, 5.41) is 8.98. The van der Waals surface area contributed by atoms with Crippen molar-refractivity contribution in [2.24, 2.45) is 23.7 Å². The topological polar surface area (TPSA) is 37.3 Å². The van der Waals surface area contributed by atoms with Crippen molar-refractivity contribution in [3.8, 4) is 0 Å². The molecular weight excluding hydrogens is 176 g/mol. The zero-order chi connectivity index (χ0) is 10.1. The Bertz CT molecular complexity index is 224. The highest BCUT2D eigenvalue weighted by Gasteiger charge is 2.36.